The van der Waals surface area contributed by atoms with E-state index in [-0.39, 0.29) is 36.7 Å². The number of aliphatic hydroxyl groups excluding tert-OH is 1. The fourth-order valence-corrected chi connectivity index (χ4v) is 9.24. The minimum atomic E-state index is -3.97. The van der Waals surface area contributed by atoms with Gasteiger partial charge in [-0.05, 0) is 83.1 Å². The van der Waals surface area contributed by atoms with Gasteiger partial charge in [0.15, 0.2) is 6.29 Å². The lowest BCUT2D eigenvalue weighted by Gasteiger charge is -2.36. The molecule has 1 aliphatic heterocycles. The molecule has 0 saturated carbocycles. The summed E-state index contributed by atoms with van der Waals surface area (Å²) in [6.45, 7) is 2.06. The average Bonchev–Trinajstić information content (AvgIpc) is 3.28. The van der Waals surface area contributed by atoms with Gasteiger partial charge in [-0.25, -0.2) is 8.42 Å². The number of hydrogen-bond donors (Lipinski definition) is 3. The van der Waals surface area contributed by atoms with E-state index in [1.54, 1.807) is 43.1 Å². The summed E-state index contributed by atoms with van der Waals surface area (Å²) < 4.78 is 48.3. The van der Waals surface area contributed by atoms with Crippen LogP contribution in [-0.4, -0.2) is 44.4 Å². The molecule has 4 atom stereocenters. The largest absolute Gasteiger partial charge is 0.496 e. The number of rotatable bonds is 16. The summed E-state index contributed by atoms with van der Waals surface area (Å²) in [7, 11) is -2.30. The van der Waals surface area contributed by atoms with Crippen LogP contribution in [0, 0.1) is 6.92 Å². The molecule has 1 amide bonds. The van der Waals surface area contributed by atoms with Crippen LogP contribution in [0.2, 0.25) is 0 Å². The van der Waals surface area contributed by atoms with E-state index in [1.807, 2.05) is 128 Å². The van der Waals surface area contributed by atoms with Crippen LogP contribution in [0.1, 0.15) is 52.2 Å². The predicted molar refractivity (Wildman–Crippen MR) is 231 cm³/mol. The molecule has 1 saturated heterocycles. The maximum absolute atomic E-state index is 13.7. The van der Waals surface area contributed by atoms with Crippen LogP contribution >= 0.6 is 11.8 Å². The van der Waals surface area contributed by atoms with Crippen molar-refractivity contribution in [3.63, 3.8) is 0 Å². The summed E-state index contributed by atoms with van der Waals surface area (Å²) in [6, 6.07) is 46.7. The molecule has 11 heteroatoms. The van der Waals surface area contributed by atoms with E-state index in [9.17, 15) is 18.3 Å². The topological polar surface area (TPSA) is 123 Å². The Morgan fingerprint density at radius 1 is 0.780 bits per heavy atom. The van der Waals surface area contributed by atoms with Gasteiger partial charge in [0.05, 0.1) is 30.8 Å². The molecule has 6 aromatic rings. The van der Waals surface area contributed by atoms with Gasteiger partial charge in [0.25, 0.3) is 0 Å². The van der Waals surface area contributed by atoms with Crippen molar-refractivity contribution in [2.75, 3.05) is 12.9 Å². The zero-order chi connectivity index (χ0) is 41.2. The molecule has 9 nitrogen and oxygen atoms in total. The molecule has 0 unspecified atom stereocenters. The van der Waals surface area contributed by atoms with Crippen LogP contribution in [-0.2, 0) is 43.9 Å². The van der Waals surface area contributed by atoms with E-state index in [2.05, 4.69) is 16.1 Å². The molecule has 0 aromatic heterocycles. The number of thioether (sulfide) groups is 1. The number of methoxy groups -OCH3 is 1. The maximum atomic E-state index is 13.7. The average molecular weight is 829 g/mol. The van der Waals surface area contributed by atoms with E-state index in [4.69, 9.17) is 14.2 Å². The summed E-state index contributed by atoms with van der Waals surface area (Å²) in [5.74, 6) is 1.09. The Balaban J connectivity index is 1.07. The zero-order valence-electron chi connectivity index (χ0n) is 33.0. The van der Waals surface area contributed by atoms with Gasteiger partial charge in [0, 0.05) is 29.2 Å². The normalized spacial score (nSPS) is 17.2. The summed E-state index contributed by atoms with van der Waals surface area (Å²) in [4.78, 5) is 14.9. The minimum absolute atomic E-state index is 0.0269. The summed E-state index contributed by atoms with van der Waals surface area (Å²) in [6.07, 6.45) is -0.155. The first-order chi connectivity index (χ1) is 28.7. The van der Waals surface area contributed by atoms with Crippen LogP contribution in [0.15, 0.2) is 161 Å². The van der Waals surface area contributed by atoms with Gasteiger partial charge >= 0.3 is 0 Å². The third-order valence-corrected chi connectivity index (χ3v) is 12.9. The van der Waals surface area contributed by atoms with Crippen molar-refractivity contribution in [3.8, 4) is 16.9 Å². The molecule has 7 rings (SSSR count). The molecule has 304 valence electrons. The molecule has 3 N–H and O–H groups in total. The van der Waals surface area contributed by atoms with Crippen LogP contribution in [0.3, 0.4) is 0 Å². The Morgan fingerprint density at radius 2 is 1.47 bits per heavy atom. The number of carbonyl (C=O) groups is 1. The third kappa shape index (κ3) is 11.1. The number of nitrogens with one attached hydrogen (secondary N) is 2. The Hall–Kier alpha value is -5.27. The van der Waals surface area contributed by atoms with Gasteiger partial charge in [0.1, 0.15) is 11.8 Å². The number of carbonyl (C=O) groups excluding carboxylic acids is 1. The molecule has 6 aromatic carbocycles. The molecule has 59 heavy (non-hydrogen) atoms. The van der Waals surface area contributed by atoms with Crippen LogP contribution < -0.4 is 14.8 Å². The molecular formula is C48H48N2O7S2. The van der Waals surface area contributed by atoms with Crippen molar-refractivity contribution >= 4 is 27.7 Å². The van der Waals surface area contributed by atoms with Gasteiger partial charge < -0.3 is 24.6 Å². The van der Waals surface area contributed by atoms with Gasteiger partial charge in [-0.3, -0.25) is 4.79 Å². The van der Waals surface area contributed by atoms with E-state index >= 15 is 0 Å². The standard InChI is InChI=1S/C48H48N2O7S2/c1-33-18-24-42(25-19-33)59(53,54)50-43(27-34-10-4-3-5-11-34)47(52)49-30-36-12-8-13-38(26-36)39-14-9-15-40(28-39)48-56-41(32-58-46-17-7-6-16-44(46)55-2)29-45(57-48)37-22-20-35(31-51)21-23-37/h3-26,28,41,43,45,48,50-51H,27,29-32H2,1-2H3,(H,49,52)/t41-,43-,45+,48+/m1/s1. The summed E-state index contributed by atoms with van der Waals surface area (Å²) in [5, 5.41) is 12.6. The lowest BCUT2D eigenvalue weighted by Crippen LogP contribution is -2.47. The molecule has 1 aliphatic rings. The van der Waals surface area contributed by atoms with Crippen LogP contribution in [0.25, 0.3) is 11.1 Å². The second kappa shape index (κ2) is 19.7. The highest BCUT2D eigenvalue weighted by Gasteiger charge is 2.33. The van der Waals surface area contributed by atoms with Gasteiger partial charge in [-0.15, -0.1) is 11.8 Å². The smallest absolute Gasteiger partial charge is 0.241 e. The number of aryl methyl sites for hydroxylation is 1. The van der Waals surface area contributed by atoms with Crippen molar-refractivity contribution in [2.45, 2.75) is 67.2 Å². The zero-order valence-corrected chi connectivity index (χ0v) is 34.6. The first-order valence-electron chi connectivity index (χ1n) is 19.5. The lowest BCUT2D eigenvalue weighted by molar-refractivity contribution is -0.245. The van der Waals surface area contributed by atoms with Gasteiger partial charge in [-0.2, -0.15) is 4.72 Å². The fourth-order valence-electron chi connectivity index (χ4n) is 6.99. The van der Waals surface area contributed by atoms with Crippen molar-refractivity contribution in [2.24, 2.45) is 0 Å². The third-order valence-electron chi connectivity index (χ3n) is 10.2. The number of aliphatic hydroxyl groups is 1. The Kier molecular flexibility index (Phi) is 13.9. The summed E-state index contributed by atoms with van der Waals surface area (Å²) in [5.41, 5.74) is 7.24. The van der Waals surface area contributed by atoms with Crippen molar-refractivity contribution < 1.29 is 32.5 Å². The van der Waals surface area contributed by atoms with E-state index in [1.165, 1.54) is 0 Å². The lowest BCUT2D eigenvalue weighted by atomic mass is 9.99. The summed E-state index contributed by atoms with van der Waals surface area (Å²) >= 11 is 1.69. The molecule has 0 bridgehead atoms. The Morgan fingerprint density at radius 3 is 2.22 bits per heavy atom. The predicted octanol–water partition coefficient (Wildman–Crippen LogP) is 8.71. The first kappa shape index (κ1) is 41.9. The monoisotopic (exact) mass is 828 g/mol. The molecule has 1 heterocycles. The van der Waals surface area contributed by atoms with E-state index < -0.39 is 28.3 Å². The number of sulfonamides is 1. The highest BCUT2D eigenvalue weighted by Crippen LogP contribution is 2.41. The second-order valence-corrected chi connectivity index (χ2v) is 17.3. The fraction of sp³-hybridized carbons (Fsp3) is 0.229. The number of hydrogen-bond acceptors (Lipinski definition) is 8. The number of amides is 1. The minimum Gasteiger partial charge on any atom is -0.496 e. The molecule has 0 spiro atoms. The van der Waals surface area contributed by atoms with Crippen LogP contribution in [0.4, 0.5) is 0 Å². The SMILES string of the molecule is COc1ccccc1SC[C@H]1C[C@@H](c2ccc(CO)cc2)O[C@@H](c2cccc(-c3cccc(CNC(=O)[C@@H](Cc4ccccc4)NS(=O)(=O)c4ccc(C)cc4)c3)c2)O1. The van der Waals surface area contributed by atoms with Crippen molar-refractivity contribution in [1.82, 2.24) is 10.0 Å². The molecule has 1 fully saturated rings. The van der Waals surface area contributed by atoms with E-state index in [0.29, 0.717) is 12.2 Å². The maximum Gasteiger partial charge on any atom is 0.241 e. The first-order valence-corrected chi connectivity index (χ1v) is 22.0. The highest BCUT2D eigenvalue weighted by atomic mass is 32.2. The highest BCUT2D eigenvalue weighted by molar-refractivity contribution is 7.99. The second-order valence-electron chi connectivity index (χ2n) is 14.5. The van der Waals surface area contributed by atoms with Crippen molar-refractivity contribution in [1.29, 1.82) is 0 Å². The van der Waals surface area contributed by atoms with Gasteiger partial charge in [-0.1, -0.05) is 121 Å². The quantitative estimate of drug-likeness (QED) is 0.0829. The Bertz CT molecular complexity index is 2430. The molecule has 0 aliphatic carbocycles. The Labute approximate surface area is 350 Å². The number of ether oxygens (including phenoxy) is 3. The molecule has 0 radical (unpaired) electrons. The van der Waals surface area contributed by atoms with E-state index in [0.717, 1.165) is 55.2 Å². The van der Waals surface area contributed by atoms with Crippen molar-refractivity contribution in [3.05, 3.63) is 185 Å². The number of para-hydroxylation sites is 1. The molecular weight excluding hydrogens is 781 g/mol. The number of benzene rings is 6. The van der Waals surface area contributed by atoms with Gasteiger partial charge in [0.2, 0.25) is 15.9 Å². The van der Waals surface area contributed by atoms with Crippen LogP contribution in [0.5, 0.6) is 5.75 Å².